The van der Waals surface area contributed by atoms with Crippen LogP contribution in [0.5, 0.6) is 0 Å². The van der Waals surface area contributed by atoms with Crippen LogP contribution >= 0.6 is 34.8 Å². The van der Waals surface area contributed by atoms with E-state index >= 15 is 0 Å². The van der Waals surface area contributed by atoms with Gasteiger partial charge >= 0.3 is 7.12 Å². The number of aromatic nitrogens is 4. The smallest absolute Gasteiger partial charge is 0.423 e. The summed E-state index contributed by atoms with van der Waals surface area (Å²) in [6, 6.07) is 15.3. The van der Waals surface area contributed by atoms with Gasteiger partial charge in [0.25, 0.3) is 0 Å². The van der Waals surface area contributed by atoms with Crippen molar-refractivity contribution in [1.29, 1.82) is 0 Å². The molecular formula is C24H24BCl3N4O2. The number of aryl methyl sites for hydroxylation is 2. The molecule has 0 saturated heterocycles. The second kappa shape index (κ2) is 13.4. The first-order valence-electron chi connectivity index (χ1n) is 10.2. The van der Waals surface area contributed by atoms with Crippen molar-refractivity contribution in [2.24, 2.45) is 0 Å². The van der Waals surface area contributed by atoms with Crippen molar-refractivity contribution < 1.29 is 10.0 Å². The lowest BCUT2D eigenvalue weighted by atomic mass is 9.77. The van der Waals surface area contributed by atoms with Gasteiger partial charge in [-0.25, -0.2) is 19.9 Å². The fourth-order valence-corrected chi connectivity index (χ4v) is 3.27. The molecule has 0 bridgehead atoms. The van der Waals surface area contributed by atoms with E-state index in [-0.39, 0.29) is 0 Å². The maximum Gasteiger partial charge on any atom is 0.488 e. The number of hydrogen-bond acceptors (Lipinski definition) is 6. The van der Waals surface area contributed by atoms with Gasteiger partial charge in [-0.05, 0) is 38.7 Å². The minimum absolute atomic E-state index is 0.412. The third-order valence-electron chi connectivity index (χ3n) is 4.85. The van der Waals surface area contributed by atoms with Crippen LogP contribution in [0.15, 0.2) is 61.2 Å². The molecule has 4 rings (SSSR count). The summed E-state index contributed by atoms with van der Waals surface area (Å²) in [6.07, 6.45) is 2.83. The molecule has 10 heteroatoms. The van der Waals surface area contributed by atoms with Crippen LogP contribution in [0, 0.1) is 27.7 Å². The Morgan fingerprint density at radius 3 is 1.56 bits per heavy atom. The zero-order valence-electron chi connectivity index (χ0n) is 19.2. The van der Waals surface area contributed by atoms with Gasteiger partial charge < -0.3 is 10.0 Å². The fraction of sp³-hybridized carbons (Fsp3) is 0.167. The standard InChI is InChI=1S/C12H11ClN2.C7H9BO2.C5H4Cl2N2/c1-8-5-3-4-6-10(8)11-9(2)12(13)15-7-14-11;1-6-4-2-3-5-7(6)8(9)10;1-3-4(6)8-2-9-5(3)7/h3-7H,1-2H3;2-5,9-10H,1H3;2H,1H3. The number of halogens is 3. The van der Waals surface area contributed by atoms with E-state index in [0.29, 0.717) is 20.9 Å². The predicted molar refractivity (Wildman–Crippen MR) is 140 cm³/mol. The first-order chi connectivity index (χ1) is 16.1. The van der Waals surface area contributed by atoms with Crippen molar-refractivity contribution in [3.63, 3.8) is 0 Å². The van der Waals surface area contributed by atoms with Gasteiger partial charge in [0, 0.05) is 16.7 Å². The van der Waals surface area contributed by atoms with Crippen LogP contribution in [0.25, 0.3) is 11.3 Å². The van der Waals surface area contributed by atoms with E-state index in [2.05, 4.69) is 32.9 Å². The lowest BCUT2D eigenvalue weighted by molar-refractivity contribution is 0.425. The van der Waals surface area contributed by atoms with Crippen LogP contribution in [0.4, 0.5) is 0 Å². The summed E-state index contributed by atoms with van der Waals surface area (Å²) in [5, 5.41) is 18.9. The van der Waals surface area contributed by atoms with Crippen molar-refractivity contribution in [1.82, 2.24) is 19.9 Å². The second-order valence-corrected chi connectivity index (χ2v) is 8.34. The molecule has 0 spiro atoms. The van der Waals surface area contributed by atoms with E-state index in [1.165, 1.54) is 18.2 Å². The SMILES string of the molecule is Cc1c(Cl)ncnc1Cl.Cc1ccccc1-c1ncnc(Cl)c1C.Cc1ccccc1B(O)O. The Kier molecular flexibility index (Phi) is 10.9. The molecule has 0 unspecified atom stereocenters. The van der Waals surface area contributed by atoms with Crippen LogP contribution in [0.3, 0.4) is 0 Å². The van der Waals surface area contributed by atoms with Crippen molar-refractivity contribution in [2.45, 2.75) is 27.7 Å². The Hall–Kier alpha value is -2.55. The Balaban J connectivity index is 0.000000189. The highest BCUT2D eigenvalue weighted by atomic mass is 35.5. The highest BCUT2D eigenvalue weighted by molar-refractivity contribution is 6.59. The maximum absolute atomic E-state index is 8.76. The average Bonchev–Trinajstić information content (AvgIpc) is 2.81. The van der Waals surface area contributed by atoms with Crippen molar-refractivity contribution in [3.8, 4) is 11.3 Å². The Labute approximate surface area is 214 Å². The van der Waals surface area contributed by atoms with Gasteiger partial charge in [-0.2, -0.15) is 0 Å². The van der Waals surface area contributed by atoms with Crippen molar-refractivity contribution >= 4 is 47.4 Å². The highest BCUT2D eigenvalue weighted by Gasteiger charge is 2.11. The fourth-order valence-electron chi connectivity index (χ4n) is 2.82. The molecule has 2 aromatic heterocycles. The Morgan fingerprint density at radius 2 is 1.09 bits per heavy atom. The van der Waals surface area contributed by atoms with Gasteiger partial charge in [-0.3, -0.25) is 0 Å². The van der Waals surface area contributed by atoms with Crippen LogP contribution < -0.4 is 5.46 Å². The average molecular weight is 518 g/mol. The number of rotatable bonds is 2. The topological polar surface area (TPSA) is 92.0 Å². The van der Waals surface area contributed by atoms with Gasteiger partial charge in [0.1, 0.15) is 28.1 Å². The molecule has 34 heavy (non-hydrogen) atoms. The summed E-state index contributed by atoms with van der Waals surface area (Å²) >= 11 is 17.1. The monoisotopic (exact) mass is 516 g/mol. The quantitative estimate of drug-likeness (QED) is 0.281. The molecule has 0 fully saturated rings. The van der Waals surface area contributed by atoms with E-state index in [0.717, 1.165) is 27.9 Å². The van der Waals surface area contributed by atoms with Gasteiger partial charge in [0.15, 0.2) is 0 Å². The summed E-state index contributed by atoms with van der Waals surface area (Å²) in [5.41, 5.74) is 6.33. The third-order valence-corrected chi connectivity index (χ3v) is 5.99. The zero-order valence-corrected chi connectivity index (χ0v) is 21.4. The summed E-state index contributed by atoms with van der Waals surface area (Å²) in [7, 11) is -1.35. The number of nitrogens with zero attached hydrogens (tertiary/aromatic N) is 4. The zero-order chi connectivity index (χ0) is 25.3. The normalized spacial score (nSPS) is 9.91. The maximum atomic E-state index is 8.76. The van der Waals surface area contributed by atoms with E-state index in [9.17, 15) is 0 Å². The van der Waals surface area contributed by atoms with Gasteiger partial charge in [0.05, 0.1) is 5.69 Å². The van der Waals surface area contributed by atoms with Crippen molar-refractivity contribution in [3.05, 3.63) is 98.9 Å². The molecule has 0 aliphatic carbocycles. The molecule has 0 aliphatic heterocycles. The molecule has 0 saturated carbocycles. The summed E-state index contributed by atoms with van der Waals surface area (Å²) in [4.78, 5) is 15.6. The molecule has 2 heterocycles. The Bertz CT molecular complexity index is 1220. The van der Waals surface area contributed by atoms with E-state index in [4.69, 9.17) is 44.9 Å². The number of benzene rings is 2. The largest absolute Gasteiger partial charge is 0.488 e. The molecule has 6 nitrogen and oxygen atoms in total. The van der Waals surface area contributed by atoms with Crippen LogP contribution in [-0.4, -0.2) is 37.1 Å². The van der Waals surface area contributed by atoms with Gasteiger partial charge in [-0.15, -0.1) is 0 Å². The molecule has 0 amide bonds. The van der Waals surface area contributed by atoms with Gasteiger partial charge in [-0.1, -0.05) is 88.9 Å². The van der Waals surface area contributed by atoms with E-state index in [1.807, 2.05) is 44.2 Å². The second-order valence-electron chi connectivity index (χ2n) is 7.26. The summed E-state index contributed by atoms with van der Waals surface area (Å²) in [6.45, 7) is 7.61. The lowest BCUT2D eigenvalue weighted by Gasteiger charge is -2.07. The lowest BCUT2D eigenvalue weighted by Crippen LogP contribution is -2.31. The molecule has 176 valence electrons. The van der Waals surface area contributed by atoms with Gasteiger partial charge in [0.2, 0.25) is 0 Å². The molecule has 2 aromatic carbocycles. The van der Waals surface area contributed by atoms with Crippen molar-refractivity contribution in [2.75, 3.05) is 0 Å². The van der Waals surface area contributed by atoms with E-state index < -0.39 is 7.12 Å². The van der Waals surface area contributed by atoms with E-state index in [1.54, 1.807) is 19.1 Å². The van der Waals surface area contributed by atoms with Crippen LogP contribution in [0.2, 0.25) is 15.5 Å². The molecule has 0 atom stereocenters. The molecule has 2 N–H and O–H groups in total. The first-order valence-corrected chi connectivity index (χ1v) is 11.3. The predicted octanol–water partition coefficient (Wildman–Crippen LogP) is 5.18. The molecule has 0 aliphatic rings. The van der Waals surface area contributed by atoms with Crippen LogP contribution in [0.1, 0.15) is 22.3 Å². The summed E-state index contributed by atoms with van der Waals surface area (Å²) in [5.74, 6) is 0. The third kappa shape index (κ3) is 7.76. The minimum atomic E-state index is -1.35. The number of hydrogen-bond donors (Lipinski definition) is 2. The molecule has 0 radical (unpaired) electrons. The summed E-state index contributed by atoms with van der Waals surface area (Å²) < 4.78 is 0. The minimum Gasteiger partial charge on any atom is -0.423 e. The first kappa shape index (κ1) is 27.7. The van der Waals surface area contributed by atoms with Crippen LogP contribution in [-0.2, 0) is 0 Å². The molecular weight excluding hydrogens is 493 g/mol. The highest BCUT2D eigenvalue weighted by Crippen LogP contribution is 2.26. The molecule has 4 aromatic rings. The Morgan fingerprint density at radius 1 is 0.618 bits per heavy atom.